The first-order valence-electron chi connectivity index (χ1n) is 18.6. The van der Waals surface area contributed by atoms with E-state index >= 15 is 0 Å². The second kappa shape index (κ2) is 19.6. The second-order valence-electron chi connectivity index (χ2n) is 13.8. The lowest BCUT2D eigenvalue weighted by Gasteiger charge is -2.26. The van der Waals surface area contributed by atoms with Crippen molar-refractivity contribution in [2.24, 2.45) is 5.92 Å². The molecular formula is C41H56ClF3N2O5. The summed E-state index contributed by atoms with van der Waals surface area (Å²) in [7, 11) is 1.64. The van der Waals surface area contributed by atoms with Crippen LogP contribution < -0.4 is 4.74 Å². The van der Waals surface area contributed by atoms with Gasteiger partial charge in [-0.05, 0) is 86.6 Å². The molecule has 288 valence electrons. The van der Waals surface area contributed by atoms with Gasteiger partial charge in [0.15, 0.2) is 0 Å². The Morgan fingerprint density at radius 1 is 1.04 bits per heavy atom. The highest BCUT2D eigenvalue weighted by Gasteiger charge is 2.43. The third-order valence-electron chi connectivity index (χ3n) is 8.84. The van der Waals surface area contributed by atoms with Gasteiger partial charge >= 0.3 is 12.1 Å². The zero-order valence-electron chi connectivity index (χ0n) is 32.2. The number of imidazole rings is 1. The van der Waals surface area contributed by atoms with Crippen LogP contribution in [0.15, 0.2) is 30.3 Å². The molecule has 2 heterocycles. The summed E-state index contributed by atoms with van der Waals surface area (Å²) in [5.41, 5.74) is 4.60. The molecule has 2 saturated carbocycles. The van der Waals surface area contributed by atoms with E-state index in [2.05, 4.69) is 30.5 Å². The number of esters is 1. The number of methoxy groups -OCH3 is 1. The second-order valence-corrected chi connectivity index (χ2v) is 14.3. The monoisotopic (exact) mass is 748 g/mol. The molecule has 0 radical (unpaired) electrons. The predicted octanol–water partition coefficient (Wildman–Crippen LogP) is 11.5. The topological polar surface area (TPSA) is 79.7 Å². The summed E-state index contributed by atoms with van der Waals surface area (Å²) in [5.74, 6) is 0.774. The molecule has 52 heavy (non-hydrogen) atoms. The van der Waals surface area contributed by atoms with E-state index in [-0.39, 0.29) is 18.5 Å². The van der Waals surface area contributed by atoms with Crippen LogP contribution in [-0.2, 0) is 38.3 Å². The number of nitrogens with zero attached hydrogens (tertiary/aromatic N) is 2. The van der Waals surface area contributed by atoms with Gasteiger partial charge in [-0.2, -0.15) is 13.2 Å². The lowest BCUT2D eigenvalue weighted by atomic mass is 9.89. The molecule has 7 nitrogen and oxygen atoms in total. The molecular weight excluding hydrogens is 693 g/mol. The van der Waals surface area contributed by atoms with E-state index in [1.54, 1.807) is 26.2 Å². The van der Waals surface area contributed by atoms with Gasteiger partial charge < -0.3 is 14.2 Å². The number of aromatic nitrogens is 2. The summed E-state index contributed by atoms with van der Waals surface area (Å²) in [6.07, 6.45) is 2.83. The summed E-state index contributed by atoms with van der Waals surface area (Å²) >= 11 is 6.57. The zero-order valence-corrected chi connectivity index (χ0v) is 33.0. The number of benzene rings is 2. The van der Waals surface area contributed by atoms with Crippen molar-refractivity contribution in [2.75, 3.05) is 13.7 Å². The maximum absolute atomic E-state index is 14.3. The van der Waals surface area contributed by atoms with Crippen LogP contribution in [0.2, 0.25) is 5.02 Å². The molecule has 0 saturated heterocycles. The first kappa shape index (κ1) is 43.0. The number of ether oxygens (including phenoxy) is 3. The molecule has 0 spiro atoms. The van der Waals surface area contributed by atoms with E-state index in [9.17, 15) is 22.8 Å². The normalized spacial score (nSPS) is 16.1. The lowest BCUT2D eigenvalue weighted by molar-refractivity contribution is -0.146. The Hall–Kier alpha value is -3.37. The molecule has 3 aliphatic rings. The summed E-state index contributed by atoms with van der Waals surface area (Å²) in [6, 6.07) is 9.32. The van der Waals surface area contributed by atoms with Crippen molar-refractivity contribution in [3.05, 3.63) is 74.8 Å². The van der Waals surface area contributed by atoms with Crippen molar-refractivity contribution in [2.45, 2.75) is 137 Å². The molecule has 1 aromatic heterocycles. The number of hydrogen-bond donors (Lipinski definition) is 0. The molecule has 6 rings (SSSR count). The molecule has 1 atom stereocenters. The van der Waals surface area contributed by atoms with Crippen LogP contribution in [0, 0.1) is 5.92 Å². The quantitative estimate of drug-likeness (QED) is 0.160. The van der Waals surface area contributed by atoms with Gasteiger partial charge in [0.2, 0.25) is 5.82 Å². The zero-order chi connectivity index (χ0) is 38.7. The van der Waals surface area contributed by atoms with Crippen molar-refractivity contribution in [3.63, 3.8) is 0 Å². The van der Waals surface area contributed by atoms with E-state index in [1.807, 2.05) is 39.0 Å². The standard InChI is InChI=1S/C27H28ClF3N2O2.C6H12O2.C5H8O.C3H8/c1-5-20-21-13-35-25(17-7-6-8-22(34-4)23(17)15-9-10-15)19-12-16(28)11-18(14(2)3)24(19)33(21)26(32-20)27(29,30)31;1-3-4-5-8-6(2)7;1-4(6)5-2-3-5;1-3-2/h6-8,11-12,14-15,25H,5,9-10,13H2,1-4H3;3-5H2,1-2H3;5H,2-3H2,1H3;3H2,1-2H3/t25-;;;/m1.../s1. The number of hydrogen-bond acceptors (Lipinski definition) is 6. The Morgan fingerprint density at radius 3 is 2.15 bits per heavy atom. The third kappa shape index (κ3) is 11.3. The van der Waals surface area contributed by atoms with E-state index < -0.39 is 18.1 Å². The number of aryl methyl sites for hydroxylation is 1. The van der Waals surface area contributed by atoms with Crippen LogP contribution in [0.25, 0.3) is 5.69 Å². The number of rotatable bonds is 9. The fourth-order valence-electron chi connectivity index (χ4n) is 6.04. The number of fused-ring (bicyclic) bond motifs is 3. The first-order chi connectivity index (χ1) is 24.6. The van der Waals surface area contributed by atoms with Crippen LogP contribution in [-0.4, -0.2) is 35.0 Å². The molecule has 2 aliphatic carbocycles. The molecule has 11 heteroatoms. The first-order valence-corrected chi connectivity index (χ1v) is 19.0. The average Bonchev–Trinajstić information content (AvgIpc) is 4.01. The summed E-state index contributed by atoms with van der Waals surface area (Å²) in [6.45, 7) is 15.7. The Labute approximate surface area is 312 Å². The maximum atomic E-state index is 14.3. The highest BCUT2D eigenvalue weighted by Crippen LogP contribution is 2.51. The van der Waals surface area contributed by atoms with Gasteiger partial charge in [-0.15, -0.1) is 0 Å². The number of carbonyl (C=O) groups is 2. The highest BCUT2D eigenvalue weighted by atomic mass is 35.5. The average molecular weight is 749 g/mol. The SMILES string of the molecule is CC(=O)C1CC1.CCC.CCCCOC(C)=O.CCc1nc(C(F)(F)F)n2c1CO[C@H](c1cccc(OC)c1C1CC1)c1cc(Cl)cc(C(C)C)c1-2. The van der Waals surface area contributed by atoms with Gasteiger partial charge in [-0.3, -0.25) is 14.2 Å². The molecule has 1 aliphatic heterocycles. The number of ketones is 1. The minimum Gasteiger partial charge on any atom is -0.496 e. The number of unbranched alkanes of at least 4 members (excludes halogenated alkanes) is 1. The summed E-state index contributed by atoms with van der Waals surface area (Å²) in [4.78, 5) is 24.3. The molecule has 0 amide bonds. The molecule has 0 N–H and O–H groups in total. The summed E-state index contributed by atoms with van der Waals surface area (Å²) < 4.78 is 61.0. The van der Waals surface area contributed by atoms with Crippen molar-refractivity contribution in [1.29, 1.82) is 0 Å². The van der Waals surface area contributed by atoms with E-state index in [1.165, 1.54) is 17.9 Å². The number of carbonyl (C=O) groups excluding carboxylic acids is 2. The smallest absolute Gasteiger partial charge is 0.450 e. The van der Waals surface area contributed by atoms with Crippen molar-refractivity contribution in [3.8, 4) is 11.4 Å². The number of Topliss-reactive ketones (excluding diaryl/α,β-unsaturated/α-hetero) is 1. The minimum atomic E-state index is -4.62. The number of halogens is 4. The molecule has 3 aromatic rings. The van der Waals surface area contributed by atoms with Gasteiger partial charge in [0.25, 0.3) is 0 Å². The largest absolute Gasteiger partial charge is 0.496 e. The van der Waals surface area contributed by atoms with E-state index in [4.69, 9.17) is 21.1 Å². The van der Waals surface area contributed by atoms with Crippen molar-refractivity contribution in [1.82, 2.24) is 9.55 Å². The Morgan fingerprint density at radius 2 is 1.69 bits per heavy atom. The van der Waals surface area contributed by atoms with Gasteiger partial charge in [0, 0.05) is 29.0 Å². The van der Waals surface area contributed by atoms with Gasteiger partial charge in [0.1, 0.15) is 17.6 Å². The minimum absolute atomic E-state index is 0.00205. The van der Waals surface area contributed by atoms with Crippen LogP contribution in [0.3, 0.4) is 0 Å². The van der Waals surface area contributed by atoms with Gasteiger partial charge in [0.05, 0.1) is 37.4 Å². The summed E-state index contributed by atoms with van der Waals surface area (Å²) in [5, 5.41) is 0.463. The van der Waals surface area contributed by atoms with E-state index in [0.717, 1.165) is 61.0 Å². The van der Waals surface area contributed by atoms with Crippen molar-refractivity contribution >= 4 is 23.4 Å². The highest BCUT2D eigenvalue weighted by molar-refractivity contribution is 6.30. The van der Waals surface area contributed by atoms with E-state index in [0.29, 0.717) is 58.3 Å². The van der Waals surface area contributed by atoms with Crippen LogP contribution >= 0.6 is 11.6 Å². The Bertz CT molecular complexity index is 1640. The van der Waals surface area contributed by atoms with Gasteiger partial charge in [-0.25, -0.2) is 4.98 Å². The van der Waals surface area contributed by atoms with Crippen molar-refractivity contribution < 1.29 is 37.0 Å². The van der Waals surface area contributed by atoms with Crippen LogP contribution in [0.5, 0.6) is 5.75 Å². The fraction of sp³-hybridized carbons (Fsp3) is 0.585. The molecule has 2 fully saturated rings. The van der Waals surface area contributed by atoms with Crippen LogP contribution in [0.1, 0.15) is 158 Å². The molecule has 2 aromatic carbocycles. The van der Waals surface area contributed by atoms with Crippen LogP contribution in [0.4, 0.5) is 13.2 Å². The third-order valence-corrected chi connectivity index (χ3v) is 9.05. The predicted molar refractivity (Wildman–Crippen MR) is 200 cm³/mol. The maximum Gasteiger partial charge on any atom is 0.450 e. The molecule has 0 bridgehead atoms. The fourth-order valence-corrected chi connectivity index (χ4v) is 6.27. The lowest BCUT2D eigenvalue weighted by Crippen LogP contribution is -2.18. The molecule has 0 unspecified atom stereocenters. The Balaban J connectivity index is 0.000000354. The Kier molecular flexibility index (Phi) is 16.2. The van der Waals surface area contributed by atoms with Gasteiger partial charge in [-0.1, -0.05) is 78.1 Å². The number of alkyl halides is 3.